The molecule has 1 atom stereocenters. The van der Waals surface area contributed by atoms with E-state index in [0.717, 1.165) is 16.9 Å². The van der Waals surface area contributed by atoms with Crippen LogP contribution >= 0.6 is 0 Å². The van der Waals surface area contributed by atoms with Gasteiger partial charge in [-0.05, 0) is 56.2 Å². The smallest absolute Gasteiger partial charge is 0.407 e. The van der Waals surface area contributed by atoms with Crippen LogP contribution in [-0.4, -0.2) is 34.3 Å². The molecule has 0 bridgehead atoms. The van der Waals surface area contributed by atoms with E-state index in [0.29, 0.717) is 17.9 Å². The van der Waals surface area contributed by atoms with Crippen molar-refractivity contribution in [3.8, 4) is 5.75 Å². The van der Waals surface area contributed by atoms with Crippen molar-refractivity contribution in [2.75, 3.05) is 7.11 Å². The van der Waals surface area contributed by atoms with Crippen LogP contribution in [-0.2, 0) is 18.3 Å². The molecule has 2 amide bonds. The normalized spacial score (nSPS) is 12.0. The molecule has 0 radical (unpaired) electrons. The highest BCUT2D eigenvalue weighted by atomic mass is 16.6. The lowest BCUT2D eigenvalue weighted by molar-refractivity contribution is 0.0523. The lowest BCUT2D eigenvalue weighted by atomic mass is 10.0. The van der Waals surface area contributed by atoms with Gasteiger partial charge in [0, 0.05) is 31.5 Å². The number of ether oxygens (including phenoxy) is 2. The summed E-state index contributed by atoms with van der Waals surface area (Å²) in [5.74, 6) is 1.22. The molecular weight excluding hydrogens is 420 g/mol. The fraction of sp³-hybridized carbons (Fsp3) is 0.320. The van der Waals surface area contributed by atoms with Crippen LogP contribution in [0, 0.1) is 0 Å². The number of amides is 2. The topological polar surface area (TPSA) is 94.5 Å². The highest BCUT2D eigenvalue weighted by Crippen LogP contribution is 2.23. The Morgan fingerprint density at radius 1 is 1.06 bits per heavy atom. The number of benzene rings is 2. The number of rotatable bonds is 7. The average Bonchev–Trinajstić information content (AvgIpc) is 3.20. The lowest BCUT2D eigenvalue weighted by Crippen LogP contribution is -2.32. The number of aromatic nitrogens is 2. The Hall–Kier alpha value is -3.81. The number of aryl methyl sites for hydroxylation is 1. The number of alkyl carbamates (subject to hydrolysis) is 1. The minimum atomic E-state index is -0.556. The Morgan fingerprint density at radius 3 is 2.27 bits per heavy atom. The molecule has 0 saturated carbocycles. The molecule has 3 rings (SSSR count). The Morgan fingerprint density at radius 2 is 1.73 bits per heavy atom. The quantitative estimate of drug-likeness (QED) is 0.568. The summed E-state index contributed by atoms with van der Waals surface area (Å²) in [4.78, 5) is 29.3. The van der Waals surface area contributed by atoms with Crippen molar-refractivity contribution in [1.82, 2.24) is 20.2 Å². The van der Waals surface area contributed by atoms with Gasteiger partial charge in [0.1, 0.15) is 23.2 Å². The van der Waals surface area contributed by atoms with Crippen LogP contribution in [0.1, 0.15) is 54.1 Å². The summed E-state index contributed by atoms with van der Waals surface area (Å²) in [6, 6.07) is 14.1. The number of methoxy groups -OCH3 is 1. The number of carbonyl (C=O) groups excluding carboxylic acids is 2. The zero-order chi connectivity index (χ0) is 24.0. The van der Waals surface area contributed by atoms with Crippen LogP contribution < -0.4 is 15.4 Å². The zero-order valence-electron chi connectivity index (χ0n) is 19.6. The van der Waals surface area contributed by atoms with Gasteiger partial charge < -0.3 is 24.7 Å². The maximum Gasteiger partial charge on any atom is 0.407 e. The average molecular weight is 451 g/mol. The van der Waals surface area contributed by atoms with Gasteiger partial charge in [-0.2, -0.15) is 0 Å². The largest absolute Gasteiger partial charge is 0.497 e. The van der Waals surface area contributed by atoms with E-state index in [2.05, 4.69) is 15.6 Å². The molecule has 2 N–H and O–H groups in total. The molecule has 0 aliphatic rings. The molecule has 8 nitrogen and oxygen atoms in total. The molecule has 3 aromatic rings. The molecule has 0 spiro atoms. The first-order chi connectivity index (χ1) is 15.7. The van der Waals surface area contributed by atoms with Gasteiger partial charge >= 0.3 is 6.09 Å². The highest BCUT2D eigenvalue weighted by Gasteiger charge is 2.22. The van der Waals surface area contributed by atoms with Crippen molar-refractivity contribution in [2.24, 2.45) is 7.05 Å². The summed E-state index contributed by atoms with van der Waals surface area (Å²) in [7, 11) is 3.50. The third kappa shape index (κ3) is 6.58. The third-order valence-corrected chi connectivity index (χ3v) is 4.89. The molecule has 33 heavy (non-hydrogen) atoms. The fourth-order valence-electron chi connectivity index (χ4n) is 3.23. The van der Waals surface area contributed by atoms with Gasteiger partial charge in [0.25, 0.3) is 5.91 Å². The summed E-state index contributed by atoms with van der Waals surface area (Å²) < 4.78 is 12.4. The minimum Gasteiger partial charge on any atom is -0.497 e. The monoisotopic (exact) mass is 450 g/mol. The standard InChI is InChI=1S/C25H30N4O4/c1-25(2,3)33-24(31)27-16-17-6-8-19(9-7-17)23(30)28-21(22-26-14-15-29(22)4)18-10-12-20(32-5)13-11-18/h6-15,21H,16H2,1-5H3,(H,27,31)(H,28,30). The predicted octanol–water partition coefficient (Wildman–Crippen LogP) is 3.97. The number of imidazole rings is 1. The molecule has 2 aromatic carbocycles. The Labute approximate surface area is 193 Å². The first kappa shape index (κ1) is 23.8. The second-order valence-corrected chi connectivity index (χ2v) is 8.63. The van der Waals surface area contributed by atoms with Crippen LogP contribution in [0.2, 0.25) is 0 Å². The summed E-state index contributed by atoms with van der Waals surface area (Å²) in [5, 5.41) is 5.78. The number of nitrogens with one attached hydrogen (secondary N) is 2. The Kier molecular flexibility index (Phi) is 7.37. The van der Waals surface area contributed by atoms with E-state index in [9.17, 15) is 9.59 Å². The van der Waals surface area contributed by atoms with Crippen LogP contribution in [0.25, 0.3) is 0 Å². The van der Waals surface area contributed by atoms with Gasteiger partial charge in [0.05, 0.1) is 7.11 Å². The predicted molar refractivity (Wildman–Crippen MR) is 125 cm³/mol. The minimum absolute atomic E-state index is 0.231. The molecule has 0 fully saturated rings. The fourth-order valence-corrected chi connectivity index (χ4v) is 3.23. The summed E-state index contributed by atoms with van der Waals surface area (Å²) in [5.41, 5.74) is 1.69. The van der Waals surface area contributed by atoms with Crippen molar-refractivity contribution in [3.05, 3.63) is 83.4 Å². The van der Waals surface area contributed by atoms with Gasteiger partial charge in [-0.15, -0.1) is 0 Å². The van der Waals surface area contributed by atoms with E-state index in [1.165, 1.54) is 0 Å². The van der Waals surface area contributed by atoms with Crippen molar-refractivity contribution in [1.29, 1.82) is 0 Å². The van der Waals surface area contributed by atoms with Gasteiger partial charge in [0.15, 0.2) is 0 Å². The van der Waals surface area contributed by atoms with E-state index in [1.807, 2.05) is 62.8 Å². The highest BCUT2D eigenvalue weighted by molar-refractivity contribution is 5.94. The van der Waals surface area contributed by atoms with Crippen molar-refractivity contribution < 1.29 is 19.1 Å². The molecular formula is C25H30N4O4. The molecule has 1 heterocycles. The Bertz CT molecular complexity index is 1080. The van der Waals surface area contributed by atoms with Crippen LogP contribution in [0.15, 0.2) is 60.9 Å². The van der Waals surface area contributed by atoms with Crippen molar-refractivity contribution in [3.63, 3.8) is 0 Å². The molecule has 174 valence electrons. The molecule has 1 aromatic heterocycles. The molecule has 8 heteroatoms. The molecule has 0 saturated heterocycles. The maximum absolute atomic E-state index is 13.0. The van der Waals surface area contributed by atoms with Crippen molar-refractivity contribution in [2.45, 2.75) is 39.0 Å². The first-order valence-electron chi connectivity index (χ1n) is 10.6. The maximum atomic E-state index is 13.0. The van der Waals surface area contributed by atoms with Gasteiger partial charge in [-0.1, -0.05) is 24.3 Å². The molecule has 0 aliphatic heterocycles. The molecule has 1 unspecified atom stereocenters. The van der Waals surface area contributed by atoms with Gasteiger partial charge in [-0.25, -0.2) is 9.78 Å². The van der Waals surface area contributed by atoms with Gasteiger partial charge in [-0.3, -0.25) is 4.79 Å². The summed E-state index contributed by atoms with van der Waals surface area (Å²) in [6.07, 6.45) is 3.05. The number of nitrogens with zero attached hydrogens (tertiary/aromatic N) is 2. The lowest BCUT2D eigenvalue weighted by Gasteiger charge is -2.20. The first-order valence-corrected chi connectivity index (χ1v) is 10.6. The number of hydrogen-bond acceptors (Lipinski definition) is 5. The second kappa shape index (κ2) is 10.2. The number of hydrogen-bond donors (Lipinski definition) is 2. The van der Waals surface area contributed by atoms with E-state index in [4.69, 9.17) is 9.47 Å². The van der Waals surface area contributed by atoms with E-state index in [1.54, 1.807) is 37.6 Å². The van der Waals surface area contributed by atoms with Gasteiger partial charge in [0.2, 0.25) is 0 Å². The third-order valence-electron chi connectivity index (χ3n) is 4.89. The van der Waals surface area contributed by atoms with E-state index < -0.39 is 17.7 Å². The molecule has 0 aliphatic carbocycles. The second-order valence-electron chi connectivity index (χ2n) is 8.63. The van der Waals surface area contributed by atoms with Crippen LogP contribution in [0.4, 0.5) is 4.79 Å². The summed E-state index contributed by atoms with van der Waals surface area (Å²) in [6.45, 7) is 5.73. The van der Waals surface area contributed by atoms with E-state index >= 15 is 0 Å². The Balaban J connectivity index is 1.70. The summed E-state index contributed by atoms with van der Waals surface area (Å²) >= 11 is 0. The van der Waals surface area contributed by atoms with Crippen LogP contribution in [0.3, 0.4) is 0 Å². The van der Waals surface area contributed by atoms with Crippen LogP contribution in [0.5, 0.6) is 5.75 Å². The zero-order valence-corrected chi connectivity index (χ0v) is 19.6. The SMILES string of the molecule is COc1ccc(C(NC(=O)c2ccc(CNC(=O)OC(C)(C)C)cc2)c2nccn2C)cc1. The number of carbonyl (C=O) groups is 2. The van der Waals surface area contributed by atoms with E-state index in [-0.39, 0.29) is 5.91 Å². The van der Waals surface area contributed by atoms with Crippen molar-refractivity contribution >= 4 is 12.0 Å².